The molecule has 0 atom stereocenters. The molecule has 0 saturated carbocycles. The van der Waals surface area contributed by atoms with E-state index in [1.54, 1.807) is 31.2 Å². The molecule has 4 heteroatoms. The Labute approximate surface area is 123 Å². The van der Waals surface area contributed by atoms with E-state index in [0.29, 0.717) is 11.1 Å². The van der Waals surface area contributed by atoms with Crippen LogP contribution in [0.15, 0.2) is 51.4 Å². The van der Waals surface area contributed by atoms with Crippen molar-refractivity contribution in [2.24, 2.45) is 0 Å². The van der Waals surface area contributed by atoms with Crippen LogP contribution in [0.5, 0.6) is 0 Å². The van der Waals surface area contributed by atoms with Gasteiger partial charge in [-0.1, -0.05) is 28.1 Å². The average Bonchev–Trinajstić information content (AvgIpc) is 2.74. The van der Waals surface area contributed by atoms with Crippen LogP contribution in [0.4, 0.5) is 4.39 Å². The number of hydrogen-bond acceptors (Lipinski definition) is 2. The summed E-state index contributed by atoms with van der Waals surface area (Å²) >= 11 is 3.33. The zero-order valence-corrected chi connectivity index (χ0v) is 12.2. The molecule has 3 rings (SSSR count). The topological polar surface area (TPSA) is 30.2 Å². The summed E-state index contributed by atoms with van der Waals surface area (Å²) in [5.41, 5.74) is 1.65. The van der Waals surface area contributed by atoms with E-state index in [9.17, 15) is 9.18 Å². The molecule has 0 N–H and O–H groups in total. The van der Waals surface area contributed by atoms with Crippen molar-refractivity contribution in [1.29, 1.82) is 0 Å². The molecule has 0 aliphatic heterocycles. The molecule has 2 nitrogen and oxygen atoms in total. The van der Waals surface area contributed by atoms with Gasteiger partial charge in [-0.05, 0) is 31.2 Å². The molecule has 0 amide bonds. The summed E-state index contributed by atoms with van der Waals surface area (Å²) in [7, 11) is 0. The lowest BCUT2D eigenvalue weighted by molar-refractivity contribution is 0.101. The molecule has 0 aliphatic carbocycles. The summed E-state index contributed by atoms with van der Waals surface area (Å²) in [4.78, 5) is 12.5. The maximum Gasteiger partial charge on any atom is 0.228 e. The van der Waals surface area contributed by atoms with Crippen LogP contribution >= 0.6 is 15.9 Å². The van der Waals surface area contributed by atoms with Crippen molar-refractivity contribution >= 4 is 32.7 Å². The first-order valence-electron chi connectivity index (χ1n) is 6.05. The SMILES string of the molecule is Cc1c(C(=O)c2cccc(Br)c2)oc2cc(F)ccc12. The third kappa shape index (κ3) is 2.16. The smallest absolute Gasteiger partial charge is 0.228 e. The van der Waals surface area contributed by atoms with Gasteiger partial charge in [0.15, 0.2) is 5.76 Å². The molecule has 1 aromatic heterocycles. The van der Waals surface area contributed by atoms with E-state index in [2.05, 4.69) is 15.9 Å². The minimum Gasteiger partial charge on any atom is -0.452 e. The number of hydrogen-bond donors (Lipinski definition) is 0. The van der Waals surface area contributed by atoms with Crippen LogP contribution in [-0.4, -0.2) is 5.78 Å². The van der Waals surface area contributed by atoms with Crippen molar-refractivity contribution < 1.29 is 13.6 Å². The van der Waals surface area contributed by atoms with Gasteiger partial charge in [-0.2, -0.15) is 0 Å². The molecule has 0 aliphatic rings. The number of fused-ring (bicyclic) bond motifs is 1. The third-order valence-corrected chi connectivity index (χ3v) is 3.69. The minimum atomic E-state index is -0.382. The number of rotatable bonds is 2. The second-order valence-corrected chi connectivity index (χ2v) is 5.45. The van der Waals surface area contributed by atoms with Crippen molar-refractivity contribution in [3.05, 3.63) is 69.6 Å². The first-order chi connectivity index (χ1) is 9.56. The molecule has 3 aromatic rings. The van der Waals surface area contributed by atoms with E-state index in [-0.39, 0.29) is 17.4 Å². The van der Waals surface area contributed by atoms with E-state index >= 15 is 0 Å². The maximum absolute atomic E-state index is 13.2. The monoisotopic (exact) mass is 332 g/mol. The lowest BCUT2D eigenvalue weighted by Gasteiger charge is -1.99. The summed E-state index contributed by atoms with van der Waals surface area (Å²) in [6.45, 7) is 1.80. The second kappa shape index (κ2) is 4.87. The minimum absolute atomic E-state index is 0.208. The fourth-order valence-corrected chi connectivity index (χ4v) is 2.58. The number of ketones is 1. The van der Waals surface area contributed by atoms with Gasteiger partial charge in [0.2, 0.25) is 5.78 Å². The lowest BCUT2D eigenvalue weighted by atomic mass is 10.0. The van der Waals surface area contributed by atoms with Crippen LogP contribution in [0.1, 0.15) is 21.7 Å². The van der Waals surface area contributed by atoms with Crippen LogP contribution in [0.2, 0.25) is 0 Å². The van der Waals surface area contributed by atoms with Crippen LogP contribution in [0.3, 0.4) is 0 Å². The average molecular weight is 333 g/mol. The Morgan fingerprint density at radius 2 is 2.00 bits per heavy atom. The Morgan fingerprint density at radius 3 is 2.75 bits per heavy atom. The number of furan rings is 1. The van der Waals surface area contributed by atoms with Gasteiger partial charge in [0.25, 0.3) is 0 Å². The van der Waals surface area contributed by atoms with Gasteiger partial charge in [-0.3, -0.25) is 4.79 Å². The zero-order chi connectivity index (χ0) is 14.3. The number of aryl methyl sites for hydroxylation is 1. The van der Waals surface area contributed by atoms with Gasteiger partial charge in [-0.15, -0.1) is 0 Å². The standard InChI is InChI=1S/C16H10BrFO2/c1-9-13-6-5-12(18)8-14(13)20-16(9)15(19)10-3-2-4-11(17)7-10/h2-8H,1H3. The maximum atomic E-state index is 13.2. The van der Waals surface area contributed by atoms with Gasteiger partial charge in [-0.25, -0.2) is 4.39 Å². The molecule has 0 fully saturated rings. The van der Waals surface area contributed by atoms with Crippen molar-refractivity contribution in [2.45, 2.75) is 6.92 Å². The number of carbonyl (C=O) groups excluding carboxylic acids is 1. The van der Waals surface area contributed by atoms with Crippen molar-refractivity contribution in [3.63, 3.8) is 0 Å². The molecule has 100 valence electrons. The molecule has 20 heavy (non-hydrogen) atoms. The van der Waals surface area contributed by atoms with Crippen molar-refractivity contribution in [3.8, 4) is 0 Å². The molecule has 0 saturated heterocycles. The van der Waals surface area contributed by atoms with Gasteiger partial charge in [0.05, 0.1) is 0 Å². The van der Waals surface area contributed by atoms with E-state index in [4.69, 9.17) is 4.42 Å². The summed E-state index contributed by atoms with van der Waals surface area (Å²) in [5, 5.41) is 0.754. The highest BCUT2D eigenvalue weighted by Gasteiger charge is 2.19. The summed E-state index contributed by atoms with van der Waals surface area (Å²) in [6.07, 6.45) is 0. The normalized spacial score (nSPS) is 10.9. The molecule has 0 bridgehead atoms. The first-order valence-corrected chi connectivity index (χ1v) is 6.84. The van der Waals surface area contributed by atoms with E-state index in [1.165, 1.54) is 12.1 Å². The second-order valence-electron chi connectivity index (χ2n) is 4.54. The fourth-order valence-electron chi connectivity index (χ4n) is 2.18. The van der Waals surface area contributed by atoms with Gasteiger partial charge in [0, 0.05) is 27.1 Å². The van der Waals surface area contributed by atoms with Gasteiger partial charge >= 0.3 is 0 Å². The predicted octanol–water partition coefficient (Wildman–Crippen LogP) is 4.87. The van der Waals surface area contributed by atoms with Crippen LogP contribution < -0.4 is 0 Å². The Balaban J connectivity index is 2.14. The van der Waals surface area contributed by atoms with Crippen LogP contribution in [0, 0.1) is 12.7 Å². The Kier molecular flexibility index (Phi) is 3.18. The largest absolute Gasteiger partial charge is 0.452 e. The summed E-state index contributed by atoms with van der Waals surface area (Å²) in [5.74, 6) is -0.336. The van der Waals surface area contributed by atoms with Crippen molar-refractivity contribution in [2.75, 3.05) is 0 Å². The highest BCUT2D eigenvalue weighted by Crippen LogP contribution is 2.28. The highest BCUT2D eigenvalue weighted by molar-refractivity contribution is 9.10. The zero-order valence-electron chi connectivity index (χ0n) is 10.6. The quantitative estimate of drug-likeness (QED) is 0.626. The third-order valence-electron chi connectivity index (χ3n) is 3.19. The van der Waals surface area contributed by atoms with E-state index < -0.39 is 0 Å². The molecular weight excluding hydrogens is 323 g/mol. The Hall–Kier alpha value is -1.94. The Bertz CT molecular complexity index is 820. The lowest BCUT2D eigenvalue weighted by Crippen LogP contribution is -2.01. The number of halogens is 2. The molecule has 2 aromatic carbocycles. The predicted molar refractivity (Wildman–Crippen MR) is 78.5 cm³/mol. The molecular formula is C16H10BrFO2. The fraction of sp³-hybridized carbons (Fsp3) is 0.0625. The summed E-state index contributed by atoms with van der Waals surface area (Å²) in [6, 6.07) is 11.4. The van der Waals surface area contributed by atoms with Crippen LogP contribution in [0.25, 0.3) is 11.0 Å². The molecule has 0 unspecified atom stereocenters. The number of benzene rings is 2. The molecule has 0 spiro atoms. The van der Waals surface area contributed by atoms with Gasteiger partial charge in [0.1, 0.15) is 11.4 Å². The highest BCUT2D eigenvalue weighted by atomic mass is 79.9. The van der Waals surface area contributed by atoms with E-state index in [1.807, 2.05) is 6.07 Å². The molecule has 0 radical (unpaired) electrons. The van der Waals surface area contributed by atoms with E-state index in [0.717, 1.165) is 15.4 Å². The Morgan fingerprint density at radius 1 is 1.20 bits per heavy atom. The van der Waals surface area contributed by atoms with Gasteiger partial charge < -0.3 is 4.42 Å². The first kappa shape index (κ1) is 13.1. The van der Waals surface area contributed by atoms with Crippen LogP contribution in [-0.2, 0) is 0 Å². The molecule has 1 heterocycles. The van der Waals surface area contributed by atoms with Crippen molar-refractivity contribution in [1.82, 2.24) is 0 Å². The summed E-state index contributed by atoms with van der Waals surface area (Å²) < 4.78 is 19.6. The number of carbonyl (C=O) groups is 1.